The van der Waals surface area contributed by atoms with Crippen LogP contribution in [0, 0.1) is 0 Å². The molecule has 0 aliphatic rings. The van der Waals surface area contributed by atoms with E-state index in [-0.39, 0.29) is 12.4 Å². The summed E-state index contributed by atoms with van der Waals surface area (Å²) in [6, 6.07) is 2.16. The third-order valence-electron chi connectivity index (χ3n) is 1.57. The predicted molar refractivity (Wildman–Crippen MR) is 51.9 cm³/mol. The van der Waals surface area contributed by atoms with Crippen LogP contribution in [-0.2, 0) is 11.0 Å². The number of nitrogens with one attached hydrogen (secondary N) is 1. The first kappa shape index (κ1) is 12.7. The number of aromatic nitrogens is 1. The zero-order chi connectivity index (χ0) is 12.3. The van der Waals surface area contributed by atoms with E-state index in [9.17, 15) is 18.0 Å². The molecule has 0 fully saturated rings. The number of rotatable bonds is 2. The molecule has 0 spiro atoms. The number of halogens is 4. The second-order valence-electron chi connectivity index (χ2n) is 2.78. The summed E-state index contributed by atoms with van der Waals surface area (Å²) in [5.74, 6) is -0.880. The normalized spacial score (nSPS) is 11.3. The Hall–Kier alpha value is -1.34. The van der Waals surface area contributed by atoms with Gasteiger partial charge in [-0.25, -0.2) is 4.98 Å². The Bertz CT molecular complexity index is 408. The van der Waals surface area contributed by atoms with Crippen molar-refractivity contribution in [1.29, 1.82) is 0 Å². The van der Waals surface area contributed by atoms with E-state index in [4.69, 9.17) is 17.3 Å². The van der Waals surface area contributed by atoms with E-state index in [0.717, 1.165) is 12.1 Å². The zero-order valence-corrected chi connectivity index (χ0v) is 8.56. The number of nitrogens with two attached hydrogens (primary N) is 1. The molecule has 0 bridgehead atoms. The zero-order valence-electron chi connectivity index (χ0n) is 7.81. The van der Waals surface area contributed by atoms with Gasteiger partial charge in [-0.3, -0.25) is 4.79 Å². The topological polar surface area (TPSA) is 68.0 Å². The molecular formula is C8H7ClF3N3O. The van der Waals surface area contributed by atoms with Crippen molar-refractivity contribution in [3.05, 3.63) is 22.8 Å². The Balaban J connectivity index is 3.03. The number of carbonyl (C=O) groups is 1. The predicted octanol–water partition coefficient (Wildman–Crippen LogP) is 1.65. The molecule has 0 radical (unpaired) electrons. The average Bonchev–Trinajstić information content (AvgIpc) is 2.19. The van der Waals surface area contributed by atoms with Gasteiger partial charge in [0, 0.05) is 0 Å². The molecule has 0 aliphatic heterocycles. The molecule has 1 aromatic rings. The summed E-state index contributed by atoms with van der Waals surface area (Å²) in [5.41, 5.74) is 3.74. The van der Waals surface area contributed by atoms with Crippen LogP contribution in [0.2, 0.25) is 5.02 Å². The highest BCUT2D eigenvalue weighted by Gasteiger charge is 2.35. The Morgan fingerprint density at radius 3 is 2.62 bits per heavy atom. The second kappa shape index (κ2) is 4.67. The molecule has 0 saturated heterocycles. The number of anilines is 1. The molecule has 88 valence electrons. The lowest BCUT2D eigenvalue weighted by molar-refractivity contribution is -0.141. The fraction of sp³-hybridized carbons (Fsp3) is 0.250. The Morgan fingerprint density at radius 1 is 1.50 bits per heavy atom. The van der Waals surface area contributed by atoms with E-state index >= 15 is 0 Å². The summed E-state index contributed by atoms with van der Waals surface area (Å²) < 4.78 is 37.1. The molecule has 0 aliphatic carbocycles. The molecule has 0 atom stereocenters. The van der Waals surface area contributed by atoms with Crippen LogP contribution in [0.5, 0.6) is 0 Å². The maximum absolute atomic E-state index is 12.4. The van der Waals surface area contributed by atoms with E-state index in [1.54, 1.807) is 0 Å². The SMILES string of the molecule is NCC(=O)Nc1ccc(Cl)c(C(F)(F)F)n1. The van der Waals surface area contributed by atoms with E-state index in [2.05, 4.69) is 10.3 Å². The average molecular weight is 254 g/mol. The van der Waals surface area contributed by atoms with Crippen LogP contribution in [0.3, 0.4) is 0 Å². The van der Waals surface area contributed by atoms with Gasteiger partial charge in [0.25, 0.3) is 0 Å². The first-order valence-corrected chi connectivity index (χ1v) is 4.46. The van der Waals surface area contributed by atoms with Gasteiger partial charge in [0.05, 0.1) is 11.6 Å². The molecule has 0 unspecified atom stereocenters. The van der Waals surface area contributed by atoms with Crippen LogP contribution in [0.4, 0.5) is 19.0 Å². The third-order valence-corrected chi connectivity index (χ3v) is 1.87. The lowest BCUT2D eigenvalue weighted by atomic mass is 10.3. The monoisotopic (exact) mass is 253 g/mol. The van der Waals surface area contributed by atoms with E-state index < -0.39 is 22.8 Å². The third kappa shape index (κ3) is 3.07. The fourth-order valence-electron chi connectivity index (χ4n) is 0.904. The van der Waals surface area contributed by atoms with Crippen LogP contribution in [0.1, 0.15) is 5.69 Å². The van der Waals surface area contributed by atoms with Gasteiger partial charge in [0.2, 0.25) is 5.91 Å². The molecule has 1 rings (SSSR count). The van der Waals surface area contributed by atoms with E-state index in [0.29, 0.717) is 0 Å². The van der Waals surface area contributed by atoms with Crippen molar-refractivity contribution in [3.63, 3.8) is 0 Å². The molecular weight excluding hydrogens is 247 g/mol. The van der Waals surface area contributed by atoms with E-state index in [1.165, 1.54) is 0 Å². The summed E-state index contributed by atoms with van der Waals surface area (Å²) in [7, 11) is 0. The van der Waals surface area contributed by atoms with Gasteiger partial charge in [0.1, 0.15) is 5.82 Å². The van der Waals surface area contributed by atoms with Crippen LogP contribution >= 0.6 is 11.6 Å². The lowest BCUT2D eigenvalue weighted by Crippen LogP contribution is -2.23. The van der Waals surface area contributed by atoms with Gasteiger partial charge < -0.3 is 11.1 Å². The first-order valence-electron chi connectivity index (χ1n) is 4.08. The molecule has 3 N–H and O–H groups in total. The van der Waals surface area contributed by atoms with Gasteiger partial charge in [-0.1, -0.05) is 11.6 Å². The van der Waals surface area contributed by atoms with Crippen molar-refractivity contribution in [3.8, 4) is 0 Å². The van der Waals surface area contributed by atoms with Crippen molar-refractivity contribution in [2.45, 2.75) is 6.18 Å². The van der Waals surface area contributed by atoms with E-state index in [1.807, 2.05) is 0 Å². The Kier molecular flexibility index (Phi) is 3.71. The van der Waals surface area contributed by atoms with Crippen molar-refractivity contribution in [2.24, 2.45) is 5.73 Å². The van der Waals surface area contributed by atoms with Crippen LogP contribution in [-0.4, -0.2) is 17.4 Å². The molecule has 0 aromatic carbocycles. The summed E-state index contributed by atoms with van der Waals surface area (Å²) in [6.07, 6.45) is -4.67. The fourth-order valence-corrected chi connectivity index (χ4v) is 1.12. The maximum atomic E-state index is 12.4. The number of hydrogen-bond donors (Lipinski definition) is 2. The number of pyridine rings is 1. The highest BCUT2D eigenvalue weighted by atomic mass is 35.5. The standard InChI is InChI=1S/C8H7ClF3N3O/c9-4-1-2-5(14-6(16)3-13)15-7(4)8(10,11)12/h1-2H,3,13H2,(H,14,15,16). The van der Waals surface area contributed by atoms with Gasteiger partial charge in [-0.2, -0.15) is 13.2 Å². The quantitative estimate of drug-likeness (QED) is 0.842. The van der Waals surface area contributed by atoms with Crippen molar-refractivity contribution >= 4 is 23.3 Å². The highest BCUT2D eigenvalue weighted by molar-refractivity contribution is 6.31. The van der Waals surface area contributed by atoms with Crippen LogP contribution in [0.25, 0.3) is 0 Å². The van der Waals surface area contributed by atoms with Gasteiger partial charge >= 0.3 is 6.18 Å². The largest absolute Gasteiger partial charge is 0.434 e. The molecule has 1 aromatic heterocycles. The van der Waals surface area contributed by atoms with Gasteiger partial charge in [-0.15, -0.1) is 0 Å². The van der Waals surface area contributed by atoms with Crippen LogP contribution in [0.15, 0.2) is 12.1 Å². The summed E-state index contributed by atoms with van der Waals surface area (Å²) in [6.45, 7) is -0.342. The van der Waals surface area contributed by atoms with Crippen LogP contribution < -0.4 is 11.1 Å². The minimum absolute atomic E-state index is 0.243. The first-order chi connectivity index (χ1) is 7.34. The Labute approximate surface area is 93.6 Å². The molecule has 8 heteroatoms. The van der Waals surface area contributed by atoms with Gasteiger partial charge in [0.15, 0.2) is 5.69 Å². The summed E-state index contributed by atoms with van der Waals surface area (Å²) in [5, 5.41) is 1.57. The van der Waals surface area contributed by atoms with Crippen molar-refractivity contribution in [2.75, 3.05) is 11.9 Å². The molecule has 4 nitrogen and oxygen atoms in total. The second-order valence-corrected chi connectivity index (χ2v) is 3.18. The summed E-state index contributed by atoms with van der Waals surface area (Å²) >= 11 is 5.33. The smallest absolute Gasteiger partial charge is 0.322 e. The number of amides is 1. The number of carbonyl (C=O) groups excluding carboxylic acids is 1. The summed E-state index contributed by atoms with van der Waals surface area (Å²) in [4.78, 5) is 14.0. The molecule has 0 saturated carbocycles. The minimum atomic E-state index is -4.67. The molecule has 1 heterocycles. The molecule has 1 amide bonds. The number of hydrogen-bond acceptors (Lipinski definition) is 3. The Morgan fingerprint density at radius 2 is 2.12 bits per heavy atom. The highest BCUT2D eigenvalue weighted by Crippen LogP contribution is 2.33. The lowest BCUT2D eigenvalue weighted by Gasteiger charge is -2.09. The molecule has 16 heavy (non-hydrogen) atoms. The minimum Gasteiger partial charge on any atom is -0.322 e. The number of nitrogens with zero attached hydrogens (tertiary/aromatic N) is 1. The van der Waals surface area contributed by atoms with Gasteiger partial charge in [-0.05, 0) is 12.1 Å². The number of alkyl halides is 3. The van der Waals surface area contributed by atoms with Crippen molar-refractivity contribution in [1.82, 2.24) is 4.98 Å². The van der Waals surface area contributed by atoms with Crippen molar-refractivity contribution < 1.29 is 18.0 Å². The maximum Gasteiger partial charge on any atom is 0.434 e.